The molecular weight excluding hydrogens is 506 g/mol. The smallest absolute Gasteiger partial charge is 0.337 e. The molecule has 4 rings (SSSR count). The molecule has 0 aromatic heterocycles. The highest BCUT2D eigenvalue weighted by atomic mass is 35.5. The van der Waals surface area contributed by atoms with Crippen LogP contribution in [0.1, 0.15) is 53.9 Å². The number of hydrogen-bond donors (Lipinski definition) is 1. The first-order chi connectivity index (χ1) is 18.0. The first kappa shape index (κ1) is 26.9. The molecule has 1 heterocycles. The molecule has 1 aliphatic rings. The zero-order valence-electron chi connectivity index (χ0n) is 21.7. The number of amides is 1. The van der Waals surface area contributed by atoms with Crippen LogP contribution in [0.5, 0.6) is 5.75 Å². The Bertz CT molecular complexity index is 1450. The average molecular weight is 534 g/mol. The van der Waals surface area contributed by atoms with E-state index in [0.717, 1.165) is 5.56 Å². The number of halogens is 1. The predicted octanol–water partition coefficient (Wildman–Crippen LogP) is 6.06. The molecule has 0 saturated carbocycles. The van der Waals surface area contributed by atoms with E-state index in [4.69, 9.17) is 21.1 Å². The molecule has 1 saturated heterocycles. The molecule has 1 aliphatic heterocycles. The van der Waals surface area contributed by atoms with Gasteiger partial charge in [-0.2, -0.15) is 0 Å². The van der Waals surface area contributed by atoms with E-state index in [9.17, 15) is 19.5 Å². The van der Waals surface area contributed by atoms with Crippen molar-refractivity contribution in [2.45, 2.75) is 32.2 Å². The van der Waals surface area contributed by atoms with Gasteiger partial charge in [0.25, 0.3) is 11.7 Å². The third-order valence-corrected chi connectivity index (χ3v) is 6.80. The molecule has 1 atom stereocenters. The van der Waals surface area contributed by atoms with Crippen LogP contribution in [-0.2, 0) is 19.7 Å². The van der Waals surface area contributed by atoms with Crippen molar-refractivity contribution in [1.29, 1.82) is 0 Å². The standard InChI is InChI=1S/C30H28ClNO6/c1-30(2,3)20-12-9-17(10-13-20)25-24(26(33)18-11-14-23(37-4)22(31)16-18)27(34)28(35)32(25)21-8-6-7-19(15-21)29(36)38-5/h6-16,25,33H,1-5H3/b26-24+. The van der Waals surface area contributed by atoms with Crippen molar-refractivity contribution in [3.8, 4) is 5.75 Å². The molecule has 8 heteroatoms. The van der Waals surface area contributed by atoms with Gasteiger partial charge in [0.05, 0.1) is 36.4 Å². The second kappa shape index (κ2) is 10.3. The topological polar surface area (TPSA) is 93.1 Å². The number of ketones is 1. The summed E-state index contributed by atoms with van der Waals surface area (Å²) in [6.45, 7) is 6.25. The van der Waals surface area contributed by atoms with Crippen molar-refractivity contribution in [3.63, 3.8) is 0 Å². The zero-order chi connectivity index (χ0) is 27.8. The molecule has 38 heavy (non-hydrogen) atoms. The second-order valence-electron chi connectivity index (χ2n) is 9.93. The summed E-state index contributed by atoms with van der Waals surface area (Å²) in [4.78, 5) is 40.4. The number of carbonyl (C=O) groups is 3. The summed E-state index contributed by atoms with van der Waals surface area (Å²) in [6, 6.07) is 17.4. The number of aliphatic hydroxyl groups is 1. The molecule has 7 nitrogen and oxygen atoms in total. The van der Waals surface area contributed by atoms with E-state index >= 15 is 0 Å². The Balaban J connectivity index is 1.94. The summed E-state index contributed by atoms with van der Waals surface area (Å²) in [5.74, 6) is -2.25. The van der Waals surface area contributed by atoms with Crippen LogP contribution in [0, 0.1) is 0 Å². The zero-order valence-corrected chi connectivity index (χ0v) is 22.5. The van der Waals surface area contributed by atoms with Crippen LogP contribution in [0.15, 0.2) is 72.3 Å². The van der Waals surface area contributed by atoms with Gasteiger partial charge in [-0.15, -0.1) is 0 Å². The van der Waals surface area contributed by atoms with Gasteiger partial charge in [-0.25, -0.2) is 4.79 Å². The average Bonchev–Trinajstić information content (AvgIpc) is 3.17. The number of anilines is 1. The van der Waals surface area contributed by atoms with Gasteiger partial charge in [-0.05, 0) is 52.9 Å². The van der Waals surface area contributed by atoms with E-state index in [1.165, 1.54) is 31.3 Å². The maximum atomic E-state index is 13.4. The largest absolute Gasteiger partial charge is 0.507 e. The Kier molecular flexibility index (Phi) is 7.33. The maximum Gasteiger partial charge on any atom is 0.337 e. The number of aliphatic hydroxyl groups excluding tert-OH is 1. The van der Waals surface area contributed by atoms with Crippen LogP contribution in [0.25, 0.3) is 5.76 Å². The van der Waals surface area contributed by atoms with Crippen molar-refractivity contribution in [2.24, 2.45) is 0 Å². The van der Waals surface area contributed by atoms with Crippen molar-refractivity contribution >= 4 is 40.7 Å². The Morgan fingerprint density at radius 2 is 1.63 bits per heavy atom. The van der Waals surface area contributed by atoms with Crippen LogP contribution < -0.4 is 9.64 Å². The fourth-order valence-electron chi connectivity index (χ4n) is 4.45. The molecule has 0 radical (unpaired) electrons. The molecule has 1 amide bonds. The van der Waals surface area contributed by atoms with E-state index in [2.05, 4.69) is 20.8 Å². The monoisotopic (exact) mass is 533 g/mol. The van der Waals surface area contributed by atoms with E-state index in [0.29, 0.717) is 17.0 Å². The van der Waals surface area contributed by atoms with Crippen LogP contribution in [0.2, 0.25) is 5.02 Å². The summed E-state index contributed by atoms with van der Waals surface area (Å²) in [7, 11) is 2.73. The summed E-state index contributed by atoms with van der Waals surface area (Å²) < 4.78 is 10.0. The lowest BCUT2D eigenvalue weighted by Gasteiger charge is -2.27. The van der Waals surface area contributed by atoms with Gasteiger partial charge < -0.3 is 14.6 Å². The number of rotatable bonds is 5. The lowest BCUT2D eigenvalue weighted by Crippen LogP contribution is -2.29. The number of ether oxygens (including phenoxy) is 2. The Morgan fingerprint density at radius 3 is 2.21 bits per heavy atom. The summed E-state index contributed by atoms with van der Waals surface area (Å²) in [5, 5.41) is 11.6. The summed E-state index contributed by atoms with van der Waals surface area (Å²) in [6.07, 6.45) is 0. The number of methoxy groups -OCH3 is 2. The first-order valence-corrected chi connectivity index (χ1v) is 12.3. The first-order valence-electron chi connectivity index (χ1n) is 11.9. The van der Waals surface area contributed by atoms with Gasteiger partial charge in [-0.3, -0.25) is 14.5 Å². The fourth-order valence-corrected chi connectivity index (χ4v) is 4.71. The number of hydrogen-bond acceptors (Lipinski definition) is 6. The Morgan fingerprint density at radius 1 is 0.947 bits per heavy atom. The quantitative estimate of drug-likeness (QED) is 0.185. The van der Waals surface area contributed by atoms with Crippen LogP contribution in [-0.4, -0.2) is 37.0 Å². The van der Waals surface area contributed by atoms with E-state index in [-0.39, 0.29) is 32.9 Å². The number of Topliss-reactive ketones (excluding diaryl/α,β-unsaturated/α-hetero) is 1. The second-order valence-corrected chi connectivity index (χ2v) is 10.3. The van der Waals surface area contributed by atoms with Crippen molar-refractivity contribution in [3.05, 3.63) is 99.6 Å². The highest BCUT2D eigenvalue weighted by Gasteiger charge is 2.47. The van der Waals surface area contributed by atoms with Gasteiger partial charge in [-0.1, -0.05) is 62.7 Å². The van der Waals surface area contributed by atoms with Crippen molar-refractivity contribution < 1.29 is 29.0 Å². The predicted molar refractivity (Wildman–Crippen MR) is 146 cm³/mol. The lowest BCUT2D eigenvalue weighted by molar-refractivity contribution is -0.132. The van der Waals surface area contributed by atoms with Crippen molar-refractivity contribution in [1.82, 2.24) is 0 Å². The molecule has 1 fully saturated rings. The number of carbonyl (C=O) groups excluding carboxylic acids is 3. The van der Waals surface area contributed by atoms with E-state index in [1.807, 2.05) is 24.3 Å². The third-order valence-electron chi connectivity index (χ3n) is 6.51. The molecule has 0 spiro atoms. The van der Waals surface area contributed by atoms with Crippen LogP contribution in [0.4, 0.5) is 5.69 Å². The minimum atomic E-state index is -0.960. The number of nitrogens with zero attached hydrogens (tertiary/aromatic N) is 1. The maximum absolute atomic E-state index is 13.4. The normalized spacial score (nSPS) is 17.0. The third kappa shape index (κ3) is 4.89. The van der Waals surface area contributed by atoms with Gasteiger partial charge in [0.15, 0.2) is 0 Å². The minimum absolute atomic E-state index is 0.0942. The molecule has 0 aliphatic carbocycles. The molecule has 196 valence electrons. The van der Waals surface area contributed by atoms with Crippen LogP contribution in [0.3, 0.4) is 0 Å². The van der Waals surface area contributed by atoms with Gasteiger partial charge in [0.1, 0.15) is 11.5 Å². The molecular formula is C30H28ClNO6. The summed E-state index contributed by atoms with van der Waals surface area (Å²) >= 11 is 6.28. The number of esters is 1. The minimum Gasteiger partial charge on any atom is -0.507 e. The van der Waals surface area contributed by atoms with Gasteiger partial charge in [0.2, 0.25) is 0 Å². The molecule has 0 bridgehead atoms. The Hall–Kier alpha value is -4.10. The molecule has 3 aromatic carbocycles. The van der Waals surface area contributed by atoms with Gasteiger partial charge >= 0.3 is 5.97 Å². The van der Waals surface area contributed by atoms with E-state index < -0.39 is 23.7 Å². The molecule has 1 N–H and O–H groups in total. The van der Waals surface area contributed by atoms with Crippen LogP contribution >= 0.6 is 11.6 Å². The fraction of sp³-hybridized carbons (Fsp3) is 0.233. The highest BCUT2D eigenvalue weighted by molar-refractivity contribution is 6.51. The Labute approximate surface area is 226 Å². The SMILES string of the molecule is COC(=O)c1cccc(N2C(=O)C(=O)/C(=C(/O)c3ccc(OC)c(Cl)c3)C2c2ccc(C(C)(C)C)cc2)c1. The van der Waals surface area contributed by atoms with Crippen molar-refractivity contribution in [2.75, 3.05) is 19.1 Å². The van der Waals surface area contributed by atoms with Gasteiger partial charge in [0, 0.05) is 11.3 Å². The molecule has 3 aromatic rings. The number of benzene rings is 3. The van der Waals surface area contributed by atoms with E-state index in [1.54, 1.807) is 30.3 Å². The summed E-state index contributed by atoms with van der Waals surface area (Å²) in [5.41, 5.74) is 2.25. The molecule has 1 unspecified atom stereocenters. The lowest BCUT2D eigenvalue weighted by atomic mass is 9.85. The highest BCUT2D eigenvalue weighted by Crippen LogP contribution is 2.43.